The molecule has 0 aromatic carbocycles. The summed E-state index contributed by atoms with van der Waals surface area (Å²) in [6.07, 6.45) is 3.58. The Morgan fingerprint density at radius 1 is 1.47 bits per heavy atom. The first kappa shape index (κ1) is 14.0. The Morgan fingerprint density at radius 2 is 2.21 bits per heavy atom. The molecule has 2 heterocycles. The maximum Gasteiger partial charge on any atom is 0.134 e. The molecule has 1 aromatic rings. The molecule has 1 aromatic heterocycles. The first-order valence-electron chi connectivity index (χ1n) is 6.70. The van der Waals surface area contributed by atoms with E-state index in [1.54, 1.807) is 20.4 Å². The summed E-state index contributed by atoms with van der Waals surface area (Å²) >= 11 is 0. The van der Waals surface area contributed by atoms with Gasteiger partial charge in [-0.25, -0.2) is 9.97 Å². The van der Waals surface area contributed by atoms with Gasteiger partial charge in [0.25, 0.3) is 0 Å². The lowest BCUT2D eigenvalue weighted by molar-refractivity contribution is 0.0818. The molecule has 1 aliphatic rings. The summed E-state index contributed by atoms with van der Waals surface area (Å²) in [5.74, 6) is 1.68. The number of nitrogens with zero attached hydrogens (tertiary/aromatic N) is 3. The van der Waals surface area contributed by atoms with E-state index >= 15 is 0 Å². The predicted molar refractivity (Wildman–Crippen MR) is 74.4 cm³/mol. The van der Waals surface area contributed by atoms with Gasteiger partial charge in [-0.05, 0) is 19.8 Å². The highest BCUT2D eigenvalue weighted by atomic mass is 16.5. The second-order valence-corrected chi connectivity index (χ2v) is 4.91. The van der Waals surface area contributed by atoms with Gasteiger partial charge in [0.1, 0.15) is 18.0 Å². The zero-order chi connectivity index (χ0) is 13.7. The highest BCUT2D eigenvalue weighted by Gasteiger charge is 2.19. The third-order valence-corrected chi connectivity index (χ3v) is 3.33. The number of aromatic nitrogens is 2. The topological polar surface area (TPSA) is 70.5 Å². The van der Waals surface area contributed by atoms with Crippen LogP contribution in [0, 0.1) is 0 Å². The zero-order valence-electron chi connectivity index (χ0n) is 11.5. The molecule has 0 spiro atoms. The molecule has 6 heteroatoms. The van der Waals surface area contributed by atoms with Crippen LogP contribution in [0.25, 0.3) is 0 Å². The number of aliphatic hydroxyl groups is 1. The normalized spacial score (nSPS) is 18.4. The minimum atomic E-state index is -0.393. The largest absolute Gasteiger partial charge is 0.392 e. The molecule has 19 heavy (non-hydrogen) atoms. The Bertz CT molecular complexity index is 392. The molecule has 1 fully saturated rings. The number of aliphatic hydroxyl groups excluding tert-OH is 1. The molecule has 0 radical (unpaired) electrons. The number of hydrogen-bond donors (Lipinski definition) is 2. The number of nitrogens with one attached hydrogen (secondary N) is 1. The summed E-state index contributed by atoms with van der Waals surface area (Å²) in [4.78, 5) is 10.7. The van der Waals surface area contributed by atoms with Crippen LogP contribution in [0.15, 0.2) is 12.4 Å². The van der Waals surface area contributed by atoms with Crippen LogP contribution in [0.3, 0.4) is 0 Å². The van der Waals surface area contributed by atoms with Gasteiger partial charge in [0.2, 0.25) is 0 Å². The van der Waals surface area contributed by atoms with Gasteiger partial charge in [-0.15, -0.1) is 0 Å². The SMILES string of the molecule is COC1CCN(c2cc(NC[C@H](C)O)ncn2)CC1. The Balaban J connectivity index is 1.95. The van der Waals surface area contributed by atoms with Gasteiger partial charge in [-0.3, -0.25) is 0 Å². The summed E-state index contributed by atoms with van der Waals surface area (Å²) in [5.41, 5.74) is 0. The van der Waals surface area contributed by atoms with Crippen LogP contribution in [0.1, 0.15) is 19.8 Å². The van der Waals surface area contributed by atoms with Crippen molar-refractivity contribution in [3.63, 3.8) is 0 Å². The maximum absolute atomic E-state index is 9.26. The summed E-state index contributed by atoms with van der Waals surface area (Å²) in [5, 5.41) is 12.3. The highest BCUT2D eigenvalue weighted by molar-refractivity contribution is 5.48. The van der Waals surface area contributed by atoms with Gasteiger partial charge in [0, 0.05) is 32.8 Å². The van der Waals surface area contributed by atoms with Crippen molar-refractivity contribution in [2.45, 2.75) is 32.0 Å². The number of ether oxygens (including phenoxy) is 1. The lowest BCUT2D eigenvalue weighted by atomic mass is 10.1. The molecule has 0 saturated carbocycles. The fourth-order valence-electron chi connectivity index (χ4n) is 2.19. The number of rotatable bonds is 5. The van der Waals surface area contributed by atoms with Crippen LogP contribution >= 0.6 is 0 Å². The third-order valence-electron chi connectivity index (χ3n) is 3.33. The predicted octanol–water partition coefficient (Wildman–Crippen LogP) is 0.884. The molecule has 2 N–H and O–H groups in total. The molecule has 0 unspecified atom stereocenters. The van der Waals surface area contributed by atoms with Crippen LogP contribution in [0.5, 0.6) is 0 Å². The van der Waals surface area contributed by atoms with E-state index in [1.165, 1.54) is 0 Å². The minimum absolute atomic E-state index is 0.367. The van der Waals surface area contributed by atoms with Crippen molar-refractivity contribution in [3.05, 3.63) is 12.4 Å². The molecule has 0 bridgehead atoms. The van der Waals surface area contributed by atoms with Crippen LogP contribution < -0.4 is 10.2 Å². The van der Waals surface area contributed by atoms with Crippen LogP contribution in [0.2, 0.25) is 0 Å². The lowest BCUT2D eigenvalue weighted by Gasteiger charge is -2.32. The lowest BCUT2D eigenvalue weighted by Crippen LogP contribution is -2.37. The van der Waals surface area contributed by atoms with Gasteiger partial charge >= 0.3 is 0 Å². The van der Waals surface area contributed by atoms with Crippen molar-refractivity contribution in [2.24, 2.45) is 0 Å². The molecule has 0 amide bonds. The standard InChI is InChI=1S/C13H22N4O2/c1-10(18)8-14-12-7-13(16-9-15-12)17-5-3-11(19-2)4-6-17/h7,9-11,18H,3-6,8H2,1-2H3,(H,14,15,16)/t10-/m0/s1. The van der Waals surface area contributed by atoms with Crippen LogP contribution in [0.4, 0.5) is 11.6 Å². The molecule has 1 atom stereocenters. The van der Waals surface area contributed by atoms with Crippen molar-refractivity contribution < 1.29 is 9.84 Å². The first-order chi connectivity index (χ1) is 9.19. The molecule has 106 valence electrons. The smallest absolute Gasteiger partial charge is 0.134 e. The van der Waals surface area contributed by atoms with E-state index in [2.05, 4.69) is 20.2 Å². The Hall–Kier alpha value is -1.40. The molecule has 1 aliphatic heterocycles. The molecular weight excluding hydrogens is 244 g/mol. The van der Waals surface area contributed by atoms with Crippen molar-refractivity contribution >= 4 is 11.6 Å². The van der Waals surface area contributed by atoms with E-state index in [-0.39, 0.29) is 0 Å². The average Bonchev–Trinajstić information content (AvgIpc) is 2.45. The van der Waals surface area contributed by atoms with Gasteiger partial charge < -0.3 is 20.1 Å². The monoisotopic (exact) mass is 266 g/mol. The summed E-state index contributed by atoms with van der Waals surface area (Å²) in [6.45, 7) is 4.13. The Kier molecular flexibility index (Phi) is 4.93. The summed E-state index contributed by atoms with van der Waals surface area (Å²) < 4.78 is 5.36. The molecular formula is C13H22N4O2. The van der Waals surface area contributed by atoms with E-state index in [9.17, 15) is 5.11 Å². The number of methoxy groups -OCH3 is 1. The number of anilines is 2. The quantitative estimate of drug-likeness (QED) is 0.824. The van der Waals surface area contributed by atoms with E-state index in [1.807, 2.05) is 6.07 Å². The second kappa shape index (κ2) is 6.68. The third kappa shape index (κ3) is 4.04. The first-order valence-corrected chi connectivity index (χ1v) is 6.70. The van der Waals surface area contributed by atoms with Crippen LogP contribution in [-0.4, -0.2) is 54.0 Å². The summed E-state index contributed by atoms with van der Waals surface area (Å²) in [7, 11) is 1.77. The van der Waals surface area contributed by atoms with Crippen molar-refractivity contribution in [1.82, 2.24) is 9.97 Å². The van der Waals surface area contributed by atoms with E-state index in [0.717, 1.165) is 37.6 Å². The fourth-order valence-corrected chi connectivity index (χ4v) is 2.19. The van der Waals surface area contributed by atoms with Crippen molar-refractivity contribution in [3.8, 4) is 0 Å². The molecule has 1 saturated heterocycles. The minimum Gasteiger partial charge on any atom is -0.392 e. The number of piperidine rings is 1. The molecule has 6 nitrogen and oxygen atoms in total. The zero-order valence-corrected chi connectivity index (χ0v) is 11.5. The average molecular weight is 266 g/mol. The van der Waals surface area contributed by atoms with E-state index in [0.29, 0.717) is 12.6 Å². The summed E-state index contributed by atoms with van der Waals surface area (Å²) in [6, 6.07) is 1.93. The Labute approximate surface area is 113 Å². The highest BCUT2D eigenvalue weighted by Crippen LogP contribution is 2.20. The van der Waals surface area contributed by atoms with Gasteiger partial charge in [-0.1, -0.05) is 0 Å². The van der Waals surface area contributed by atoms with Crippen molar-refractivity contribution in [2.75, 3.05) is 37.0 Å². The van der Waals surface area contributed by atoms with Gasteiger partial charge in [0.05, 0.1) is 12.2 Å². The van der Waals surface area contributed by atoms with E-state index in [4.69, 9.17) is 4.74 Å². The van der Waals surface area contributed by atoms with E-state index < -0.39 is 6.10 Å². The molecule has 2 rings (SSSR count). The van der Waals surface area contributed by atoms with Gasteiger partial charge in [0.15, 0.2) is 0 Å². The Morgan fingerprint density at radius 3 is 2.84 bits per heavy atom. The maximum atomic E-state index is 9.26. The van der Waals surface area contributed by atoms with Crippen molar-refractivity contribution in [1.29, 1.82) is 0 Å². The van der Waals surface area contributed by atoms with Gasteiger partial charge in [-0.2, -0.15) is 0 Å². The van der Waals surface area contributed by atoms with Crippen LogP contribution in [-0.2, 0) is 4.74 Å². The second-order valence-electron chi connectivity index (χ2n) is 4.91. The number of hydrogen-bond acceptors (Lipinski definition) is 6. The molecule has 0 aliphatic carbocycles. The fraction of sp³-hybridized carbons (Fsp3) is 0.692.